The second-order valence-electron chi connectivity index (χ2n) is 3.94. The van der Waals surface area contributed by atoms with E-state index in [9.17, 15) is 4.79 Å². The van der Waals surface area contributed by atoms with Crippen molar-refractivity contribution in [2.24, 2.45) is 0 Å². The van der Waals surface area contributed by atoms with E-state index in [-0.39, 0.29) is 12.1 Å². The van der Waals surface area contributed by atoms with Crippen LogP contribution in [0.5, 0.6) is 0 Å². The van der Waals surface area contributed by atoms with E-state index >= 15 is 0 Å². The minimum Gasteiger partial charge on any atom is -0.459 e. The summed E-state index contributed by atoms with van der Waals surface area (Å²) >= 11 is 3.40. The molecule has 0 atom stereocenters. The van der Waals surface area contributed by atoms with Gasteiger partial charge in [-0.2, -0.15) is 0 Å². The fourth-order valence-electron chi connectivity index (χ4n) is 1.36. The van der Waals surface area contributed by atoms with Crippen LogP contribution in [0.4, 0.5) is 0 Å². The molecule has 0 saturated heterocycles. The number of carbonyl (C=O) groups excluding carboxylic acids is 1. The van der Waals surface area contributed by atoms with Crippen molar-refractivity contribution in [3.8, 4) is 0 Å². The predicted octanol–water partition coefficient (Wildman–Crippen LogP) is 3.58. The molecule has 1 aromatic carbocycles. The standard InChI is InChI=1S/C13H17BrO2/c1-10(2)16-13(15)12-7-5-11(6-8-12)4-3-9-14/h5-8,10H,3-4,9H2,1-2H3. The Labute approximate surface area is 105 Å². The maximum absolute atomic E-state index is 11.6. The van der Waals surface area contributed by atoms with Crippen LogP contribution in [0.15, 0.2) is 24.3 Å². The molecule has 0 spiro atoms. The molecule has 3 heteroatoms. The van der Waals surface area contributed by atoms with Crippen LogP contribution in [-0.2, 0) is 11.2 Å². The maximum Gasteiger partial charge on any atom is 0.338 e. The molecule has 0 amide bonds. The molecule has 0 saturated carbocycles. The monoisotopic (exact) mass is 284 g/mol. The largest absolute Gasteiger partial charge is 0.459 e. The summed E-state index contributed by atoms with van der Waals surface area (Å²) in [5.41, 5.74) is 1.87. The topological polar surface area (TPSA) is 26.3 Å². The average Bonchev–Trinajstić information content (AvgIpc) is 2.26. The van der Waals surface area contributed by atoms with Crippen molar-refractivity contribution in [1.29, 1.82) is 0 Å². The van der Waals surface area contributed by atoms with Gasteiger partial charge in [-0.1, -0.05) is 28.1 Å². The van der Waals surface area contributed by atoms with Crippen molar-refractivity contribution >= 4 is 21.9 Å². The van der Waals surface area contributed by atoms with Gasteiger partial charge in [0.15, 0.2) is 0 Å². The van der Waals surface area contributed by atoms with Crippen LogP contribution in [0.1, 0.15) is 36.2 Å². The number of esters is 1. The summed E-state index contributed by atoms with van der Waals surface area (Å²) < 4.78 is 5.11. The first-order valence-electron chi connectivity index (χ1n) is 5.49. The molecule has 1 aromatic rings. The van der Waals surface area contributed by atoms with Crippen LogP contribution in [0.3, 0.4) is 0 Å². The summed E-state index contributed by atoms with van der Waals surface area (Å²) in [6, 6.07) is 7.63. The summed E-state index contributed by atoms with van der Waals surface area (Å²) in [7, 11) is 0. The number of carbonyl (C=O) groups is 1. The molecule has 0 aromatic heterocycles. The van der Waals surface area contributed by atoms with Crippen LogP contribution in [0.2, 0.25) is 0 Å². The summed E-state index contributed by atoms with van der Waals surface area (Å²) in [6.07, 6.45) is 2.07. The minimum absolute atomic E-state index is 0.0689. The number of alkyl halides is 1. The smallest absolute Gasteiger partial charge is 0.338 e. The molecular weight excluding hydrogens is 268 g/mol. The normalized spacial score (nSPS) is 10.5. The third-order valence-electron chi connectivity index (χ3n) is 2.13. The van der Waals surface area contributed by atoms with Gasteiger partial charge in [-0.3, -0.25) is 0 Å². The van der Waals surface area contributed by atoms with Crippen molar-refractivity contribution in [2.45, 2.75) is 32.8 Å². The van der Waals surface area contributed by atoms with Gasteiger partial charge < -0.3 is 4.74 Å². The molecule has 0 fully saturated rings. The molecule has 88 valence electrons. The Balaban J connectivity index is 2.60. The molecule has 1 rings (SSSR count). The molecule has 0 radical (unpaired) electrons. The van der Waals surface area contributed by atoms with Crippen LogP contribution < -0.4 is 0 Å². The third kappa shape index (κ3) is 4.35. The van der Waals surface area contributed by atoms with E-state index in [2.05, 4.69) is 15.9 Å². The zero-order valence-corrected chi connectivity index (χ0v) is 11.3. The number of hydrogen-bond donors (Lipinski definition) is 0. The summed E-state index contributed by atoms with van der Waals surface area (Å²) in [5.74, 6) is -0.248. The minimum atomic E-state index is -0.248. The summed E-state index contributed by atoms with van der Waals surface area (Å²) in [6.45, 7) is 3.70. The first kappa shape index (κ1) is 13.2. The van der Waals surface area contributed by atoms with Gasteiger partial charge in [-0.05, 0) is 44.4 Å². The first-order valence-corrected chi connectivity index (χ1v) is 6.61. The fraction of sp³-hybridized carbons (Fsp3) is 0.462. The van der Waals surface area contributed by atoms with Crippen LogP contribution in [0.25, 0.3) is 0 Å². The van der Waals surface area contributed by atoms with E-state index in [4.69, 9.17) is 4.74 Å². The molecule has 0 bridgehead atoms. The highest BCUT2D eigenvalue weighted by atomic mass is 79.9. The summed E-state index contributed by atoms with van der Waals surface area (Å²) in [4.78, 5) is 11.6. The van der Waals surface area contributed by atoms with Crippen molar-refractivity contribution < 1.29 is 9.53 Å². The molecule has 0 N–H and O–H groups in total. The van der Waals surface area contributed by atoms with E-state index < -0.39 is 0 Å². The number of benzene rings is 1. The molecule has 0 aliphatic carbocycles. The lowest BCUT2D eigenvalue weighted by molar-refractivity contribution is 0.0378. The van der Waals surface area contributed by atoms with Gasteiger partial charge in [-0.25, -0.2) is 4.79 Å². The number of halogens is 1. The highest BCUT2D eigenvalue weighted by molar-refractivity contribution is 9.09. The SMILES string of the molecule is CC(C)OC(=O)c1ccc(CCCBr)cc1. The molecule has 0 aliphatic heterocycles. The Kier molecular flexibility index (Phi) is 5.53. The van der Waals surface area contributed by atoms with Gasteiger partial charge in [-0.15, -0.1) is 0 Å². The summed E-state index contributed by atoms with van der Waals surface area (Å²) in [5, 5.41) is 1.00. The van der Waals surface area contributed by atoms with Gasteiger partial charge in [0.1, 0.15) is 0 Å². The second-order valence-corrected chi connectivity index (χ2v) is 4.74. The van der Waals surface area contributed by atoms with Crippen LogP contribution in [-0.4, -0.2) is 17.4 Å². The lowest BCUT2D eigenvalue weighted by atomic mass is 10.1. The van der Waals surface area contributed by atoms with Crippen molar-refractivity contribution in [2.75, 3.05) is 5.33 Å². The van der Waals surface area contributed by atoms with E-state index in [1.165, 1.54) is 5.56 Å². The van der Waals surface area contributed by atoms with E-state index in [0.29, 0.717) is 5.56 Å². The Morgan fingerprint density at radius 3 is 2.44 bits per heavy atom. The van der Waals surface area contributed by atoms with Gasteiger partial charge in [0, 0.05) is 5.33 Å². The molecule has 0 heterocycles. The maximum atomic E-state index is 11.6. The van der Waals surface area contributed by atoms with Crippen LogP contribution in [0, 0.1) is 0 Å². The first-order chi connectivity index (χ1) is 7.63. The van der Waals surface area contributed by atoms with Crippen molar-refractivity contribution in [1.82, 2.24) is 0 Å². The highest BCUT2D eigenvalue weighted by Gasteiger charge is 2.08. The van der Waals surface area contributed by atoms with Gasteiger partial charge >= 0.3 is 5.97 Å². The predicted molar refractivity (Wildman–Crippen MR) is 69.1 cm³/mol. The Morgan fingerprint density at radius 1 is 1.31 bits per heavy atom. The zero-order valence-electron chi connectivity index (χ0n) is 9.70. The number of ether oxygens (including phenoxy) is 1. The second kappa shape index (κ2) is 6.69. The zero-order chi connectivity index (χ0) is 12.0. The van der Waals surface area contributed by atoms with Crippen molar-refractivity contribution in [3.05, 3.63) is 35.4 Å². The molecular formula is C13H17BrO2. The molecule has 0 unspecified atom stereocenters. The molecule has 0 aliphatic rings. The van der Waals surface area contributed by atoms with E-state index in [0.717, 1.165) is 18.2 Å². The van der Waals surface area contributed by atoms with E-state index in [1.807, 2.05) is 38.1 Å². The van der Waals surface area contributed by atoms with Gasteiger partial charge in [0.05, 0.1) is 11.7 Å². The Hall–Kier alpha value is -0.830. The Morgan fingerprint density at radius 2 is 1.94 bits per heavy atom. The Bertz CT molecular complexity index is 330. The van der Waals surface area contributed by atoms with Gasteiger partial charge in [0.25, 0.3) is 0 Å². The molecule has 2 nitrogen and oxygen atoms in total. The third-order valence-corrected chi connectivity index (χ3v) is 2.69. The van der Waals surface area contributed by atoms with Crippen molar-refractivity contribution in [3.63, 3.8) is 0 Å². The number of rotatable bonds is 5. The van der Waals surface area contributed by atoms with E-state index in [1.54, 1.807) is 0 Å². The lowest BCUT2D eigenvalue weighted by Gasteiger charge is -2.08. The van der Waals surface area contributed by atoms with Gasteiger partial charge in [0.2, 0.25) is 0 Å². The average molecular weight is 285 g/mol. The number of aryl methyl sites for hydroxylation is 1. The quantitative estimate of drug-likeness (QED) is 0.610. The highest BCUT2D eigenvalue weighted by Crippen LogP contribution is 2.09. The number of hydrogen-bond acceptors (Lipinski definition) is 2. The molecule has 16 heavy (non-hydrogen) atoms. The van der Waals surface area contributed by atoms with Crippen LogP contribution >= 0.6 is 15.9 Å². The fourth-order valence-corrected chi connectivity index (χ4v) is 1.64. The lowest BCUT2D eigenvalue weighted by Crippen LogP contribution is -2.11.